The largest absolute Gasteiger partial charge is 0.504 e. The highest BCUT2D eigenvalue weighted by Gasteiger charge is 2.27. The Morgan fingerprint density at radius 2 is 2.18 bits per heavy atom. The second-order valence-electron chi connectivity index (χ2n) is 8.11. The van der Waals surface area contributed by atoms with Crippen molar-refractivity contribution in [3.05, 3.63) is 35.2 Å². The van der Waals surface area contributed by atoms with Crippen molar-refractivity contribution in [1.29, 1.82) is 0 Å². The number of hydrogen-bond acceptors (Lipinski definition) is 11. The Morgan fingerprint density at radius 3 is 2.88 bits per heavy atom. The lowest BCUT2D eigenvalue weighted by atomic mass is 9.94. The number of nitrogens with one attached hydrogen (secondary N) is 1. The van der Waals surface area contributed by atoms with Gasteiger partial charge in [-0.05, 0) is 54.0 Å². The van der Waals surface area contributed by atoms with Crippen molar-refractivity contribution in [3.63, 3.8) is 0 Å². The number of carbonyl (C=O) groups is 1. The first kappa shape index (κ1) is 23.2. The summed E-state index contributed by atoms with van der Waals surface area (Å²) in [5.41, 5.74) is 9.53. The molecule has 0 spiro atoms. The fourth-order valence-electron chi connectivity index (χ4n) is 4.01. The number of nitrogens with zero attached hydrogens (tertiary/aromatic N) is 7. The van der Waals surface area contributed by atoms with Crippen molar-refractivity contribution >= 4 is 17.9 Å². The van der Waals surface area contributed by atoms with Crippen LogP contribution in [-0.2, 0) is 6.54 Å². The van der Waals surface area contributed by atoms with Crippen LogP contribution in [0, 0.1) is 0 Å². The van der Waals surface area contributed by atoms with Gasteiger partial charge >= 0.3 is 0 Å². The molecule has 0 bridgehead atoms. The van der Waals surface area contributed by atoms with Gasteiger partial charge in [-0.2, -0.15) is 9.78 Å². The van der Waals surface area contributed by atoms with Crippen molar-refractivity contribution < 1.29 is 19.3 Å². The predicted molar refractivity (Wildman–Crippen MR) is 122 cm³/mol. The van der Waals surface area contributed by atoms with Crippen LogP contribution in [0.1, 0.15) is 53.8 Å². The Morgan fingerprint density at radius 1 is 1.38 bits per heavy atom. The summed E-state index contributed by atoms with van der Waals surface area (Å²) >= 11 is 0. The summed E-state index contributed by atoms with van der Waals surface area (Å²) in [6.45, 7) is 0.394. The Bertz CT molecular complexity index is 1170. The Kier molecular flexibility index (Phi) is 7.01. The average molecular weight is 470 g/mol. The van der Waals surface area contributed by atoms with Gasteiger partial charge in [0.05, 0.1) is 19.0 Å². The molecule has 2 aromatic heterocycles. The maximum Gasteiger partial charge on any atom is 0.293 e. The van der Waals surface area contributed by atoms with Crippen LogP contribution in [0.15, 0.2) is 27.9 Å². The third-order valence-corrected chi connectivity index (χ3v) is 5.86. The van der Waals surface area contributed by atoms with Crippen LogP contribution >= 0.6 is 0 Å². The molecule has 1 aliphatic carbocycles. The Balaban J connectivity index is 1.56. The lowest BCUT2D eigenvalue weighted by molar-refractivity contribution is 0.0947. The van der Waals surface area contributed by atoms with E-state index in [0.717, 1.165) is 12.8 Å². The molecule has 1 amide bonds. The minimum absolute atomic E-state index is 0.00801. The van der Waals surface area contributed by atoms with E-state index in [2.05, 4.69) is 36.1 Å². The summed E-state index contributed by atoms with van der Waals surface area (Å²) in [7, 11) is 3.46. The van der Waals surface area contributed by atoms with Crippen molar-refractivity contribution in [2.45, 2.75) is 44.7 Å². The van der Waals surface area contributed by atoms with E-state index in [1.807, 2.05) is 7.05 Å². The van der Waals surface area contributed by atoms with Crippen LogP contribution in [0.5, 0.6) is 11.5 Å². The van der Waals surface area contributed by atoms with Crippen molar-refractivity contribution in [2.24, 2.45) is 5.10 Å². The quantitative estimate of drug-likeness (QED) is 0.324. The van der Waals surface area contributed by atoms with E-state index in [9.17, 15) is 9.90 Å². The number of amides is 1. The maximum absolute atomic E-state index is 12.9. The molecule has 0 aliphatic heterocycles. The summed E-state index contributed by atoms with van der Waals surface area (Å²) in [4.78, 5) is 15.1. The molecule has 4 N–H and O–H groups in total. The fourth-order valence-corrected chi connectivity index (χ4v) is 4.01. The van der Waals surface area contributed by atoms with E-state index in [0.29, 0.717) is 29.6 Å². The normalized spacial score (nSPS) is 14.7. The third kappa shape index (κ3) is 4.98. The number of phenolic OH excluding ortho intramolecular Hbond substituents is 1. The lowest BCUT2D eigenvalue weighted by Gasteiger charge is -2.31. The maximum atomic E-state index is 12.9. The molecule has 3 aromatic rings. The van der Waals surface area contributed by atoms with Crippen LogP contribution in [0.4, 0.5) is 5.82 Å². The van der Waals surface area contributed by atoms with Crippen LogP contribution in [0.2, 0.25) is 0 Å². The zero-order valence-corrected chi connectivity index (χ0v) is 19.0. The van der Waals surface area contributed by atoms with Gasteiger partial charge in [-0.15, -0.1) is 5.10 Å². The molecule has 0 radical (unpaired) electrons. The van der Waals surface area contributed by atoms with Crippen LogP contribution < -0.4 is 15.9 Å². The van der Waals surface area contributed by atoms with Crippen molar-refractivity contribution in [1.82, 2.24) is 35.6 Å². The van der Waals surface area contributed by atoms with Gasteiger partial charge in [-0.25, -0.2) is 10.1 Å². The Hall–Kier alpha value is -4.00. The van der Waals surface area contributed by atoms with Gasteiger partial charge in [-0.1, -0.05) is 24.5 Å². The lowest BCUT2D eigenvalue weighted by Crippen LogP contribution is -2.34. The number of nitrogen functional groups attached to an aromatic ring is 1. The number of hydrazone groups is 1. The minimum atomic E-state index is -0.546. The second-order valence-corrected chi connectivity index (χ2v) is 8.11. The van der Waals surface area contributed by atoms with E-state index in [-0.39, 0.29) is 23.1 Å². The number of aromatic nitrogens is 5. The van der Waals surface area contributed by atoms with E-state index >= 15 is 0 Å². The van der Waals surface area contributed by atoms with Gasteiger partial charge in [0.15, 0.2) is 17.2 Å². The smallest absolute Gasteiger partial charge is 0.293 e. The minimum Gasteiger partial charge on any atom is -0.504 e. The van der Waals surface area contributed by atoms with Crippen molar-refractivity contribution in [3.8, 4) is 17.3 Å². The molecule has 13 nitrogen and oxygen atoms in total. The Labute approximate surface area is 195 Å². The molecule has 1 saturated carbocycles. The monoisotopic (exact) mass is 469 g/mol. The van der Waals surface area contributed by atoms with Crippen LogP contribution in [0.25, 0.3) is 5.82 Å². The van der Waals surface area contributed by atoms with Gasteiger partial charge in [0.1, 0.15) is 0 Å². The molecule has 1 aromatic carbocycles. The number of aromatic hydroxyl groups is 1. The molecular weight excluding hydrogens is 442 g/mol. The van der Waals surface area contributed by atoms with Crippen molar-refractivity contribution in [2.75, 3.05) is 19.9 Å². The molecule has 0 unspecified atom stereocenters. The molecule has 34 heavy (non-hydrogen) atoms. The number of ether oxygens (including phenoxy) is 1. The first-order valence-corrected chi connectivity index (χ1v) is 10.9. The molecule has 2 heterocycles. The van der Waals surface area contributed by atoms with E-state index in [4.69, 9.17) is 15.1 Å². The van der Waals surface area contributed by atoms with Gasteiger partial charge in [0.2, 0.25) is 11.6 Å². The third-order valence-electron chi connectivity index (χ3n) is 5.86. The van der Waals surface area contributed by atoms with Gasteiger partial charge in [0, 0.05) is 12.6 Å². The highest BCUT2D eigenvalue weighted by atomic mass is 16.6. The molecule has 1 fully saturated rings. The number of phenols is 1. The number of carbonyl (C=O) groups excluding carboxylic acids is 1. The molecule has 13 heteroatoms. The summed E-state index contributed by atoms with van der Waals surface area (Å²) in [5, 5.41) is 29.2. The number of benzene rings is 1. The zero-order chi connectivity index (χ0) is 24.1. The number of methoxy groups -OCH3 is 1. The van der Waals surface area contributed by atoms with Crippen LogP contribution in [0.3, 0.4) is 0 Å². The van der Waals surface area contributed by atoms with E-state index in [1.165, 1.54) is 43.3 Å². The molecule has 1 aliphatic rings. The highest BCUT2D eigenvalue weighted by Crippen LogP contribution is 2.26. The summed E-state index contributed by atoms with van der Waals surface area (Å²) < 4.78 is 11.2. The highest BCUT2D eigenvalue weighted by molar-refractivity contribution is 5.94. The molecular formula is C21H27N9O4. The second kappa shape index (κ2) is 10.3. The number of hydrogen-bond donors (Lipinski definition) is 3. The zero-order valence-electron chi connectivity index (χ0n) is 19.0. The van der Waals surface area contributed by atoms with Gasteiger partial charge < -0.3 is 15.6 Å². The average Bonchev–Trinajstić information content (AvgIpc) is 3.46. The first-order chi connectivity index (χ1) is 16.5. The standard InChI is InChI=1S/C21H27N9O4/c1-29(14-6-4-3-5-7-14)12-15-18(24-28-30(15)20-19(22)26-34-27-20)21(32)25-23-11-13-8-9-16(31)17(10-13)33-2/h8-11,14,31H,3-7,12H2,1-2H3,(H2,22,26)(H,25,32)/b23-11+. The summed E-state index contributed by atoms with van der Waals surface area (Å²) in [6, 6.07) is 5.09. The number of rotatable bonds is 8. The van der Waals surface area contributed by atoms with E-state index in [1.54, 1.807) is 12.1 Å². The van der Waals surface area contributed by atoms with E-state index < -0.39 is 5.91 Å². The topological polar surface area (TPSA) is 170 Å². The summed E-state index contributed by atoms with van der Waals surface area (Å²) in [5.74, 6) is -0.0370. The molecule has 0 saturated heterocycles. The number of nitrogens with two attached hydrogens (primary N) is 1. The van der Waals surface area contributed by atoms with Gasteiger partial charge in [-0.3, -0.25) is 9.69 Å². The fraction of sp³-hybridized carbons (Fsp3) is 0.429. The molecule has 180 valence electrons. The predicted octanol–water partition coefficient (Wildman–Crippen LogP) is 1.48. The molecule has 4 rings (SSSR count). The number of anilines is 1. The summed E-state index contributed by atoms with van der Waals surface area (Å²) in [6.07, 6.45) is 7.20. The van der Waals surface area contributed by atoms with Crippen LogP contribution in [-0.4, -0.2) is 67.6 Å². The first-order valence-electron chi connectivity index (χ1n) is 10.9. The molecule has 0 atom stereocenters. The SMILES string of the molecule is COc1cc(/C=N/NC(=O)c2nnn(-c3nonc3N)c2CN(C)C2CCCCC2)ccc1O. The van der Waals surface area contributed by atoms with Gasteiger partial charge in [0.25, 0.3) is 5.91 Å².